The Balaban J connectivity index is 1.91. The number of benzene rings is 2. The molecule has 2 aromatic rings. The minimum absolute atomic E-state index is 0.154. The van der Waals surface area contributed by atoms with E-state index >= 15 is 0 Å². The summed E-state index contributed by atoms with van der Waals surface area (Å²) in [6.07, 6.45) is -4.00. The van der Waals surface area contributed by atoms with Gasteiger partial charge in [-0.25, -0.2) is 0 Å². The Bertz CT molecular complexity index is 847. The summed E-state index contributed by atoms with van der Waals surface area (Å²) in [5.74, 6) is -0.265. The average Bonchev–Trinajstić information content (AvgIpc) is 2.71. The van der Waals surface area contributed by atoms with Crippen LogP contribution in [0, 0.1) is 5.92 Å². The highest BCUT2D eigenvalue weighted by Crippen LogP contribution is 2.29. The van der Waals surface area contributed by atoms with Gasteiger partial charge >= 0.3 is 6.18 Å². The second-order valence-electron chi connectivity index (χ2n) is 7.16. The van der Waals surface area contributed by atoms with Gasteiger partial charge in [0.1, 0.15) is 11.8 Å². The number of carbonyl (C=O) groups excluding carboxylic acids is 2. The maximum atomic E-state index is 12.6. The summed E-state index contributed by atoms with van der Waals surface area (Å²) in [6, 6.07) is 10.6. The fraction of sp³-hybridized carbons (Fsp3) is 0.364. The van der Waals surface area contributed by atoms with Gasteiger partial charge in [0.05, 0.1) is 12.7 Å². The Hall–Kier alpha value is -3.03. The molecule has 162 valence electrons. The van der Waals surface area contributed by atoms with E-state index in [1.807, 2.05) is 13.8 Å². The fourth-order valence-electron chi connectivity index (χ4n) is 2.80. The SMILES string of the molecule is COc1ccc(C(=O)NC(C(=O)NCCc2ccc(C(F)(F)F)cc2)C(C)C)cc1. The van der Waals surface area contributed by atoms with Gasteiger partial charge < -0.3 is 15.4 Å². The van der Waals surface area contributed by atoms with Gasteiger partial charge in [0.2, 0.25) is 5.91 Å². The van der Waals surface area contributed by atoms with Crippen LogP contribution < -0.4 is 15.4 Å². The van der Waals surface area contributed by atoms with Gasteiger partial charge in [-0.3, -0.25) is 9.59 Å². The van der Waals surface area contributed by atoms with Gasteiger partial charge in [0, 0.05) is 12.1 Å². The number of hydrogen-bond acceptors (Lipinski definition) is 3. The maximum Gasteiger partial charge on any atom is 0.416 e. The third-order valence-electron chi connectivity index (χ3n) is 4.58. The second-order valence-corrected chi connectivity index (χ2v) is 7.16. The van der Waals surface area contributed by atoms with Crippen molar-refractivity contribution in [2.24, 2.45) is 5.92 Å². The molecule has 0 heterocycles. The van der Waals surface area contributed by atoms with E-state index in [1.165, 1.54) is 19.2 Å². The molecule has 0 saturated heterocycles. The Morgan fingerprint density at radius 2 is 1.60 bits per heavy atom. The molecule has 8 heteroatoms. The number of nitrogens with one attached hydrogen (secondary N) is 2. The maximum absolute atomic E-state index is 12.6. The molecule has 2 amide bonds. The normalized spacial score (nSPS) is 12.4. The van der Waals surface area contributed by atoms with E-state index in [-0.39, 0.29) is 24.3 Å². The van der Waals surface area contributed by atoms with Crippen molar-refractivity contribution in [2.75, 3.05) is 13.7 Å². The zero-order valence-corrected chi connectivity index (χ0v) is 17.0. The Labute approximate surface area is 173 Å². The lowest BCUT2D eigenvalue weighted by Gasteiger charge is -2.22. The van der Waals surface area contributed by atoms with Crippen molar-refractivity contribution in [1.82, 2.24) is 10.6 Å². The molecule has 0 saturated carbocycles. The van der Waals surface area contributed by atoms with Crippen molar-refractivity contribution in [1.29, 1.82) is 0 Å². The van der Waals surface area contributed by atoms with Gasteiger partial charge in [-0.2, -0.15) is 13.2 Å². The van der Waals surface area contributed by atoms with Crippen LogP contribution in [0.5, 0.6) is 5.75 Å². The van der Waals surface area contributed by atoms with Gasteiger partial charge in [-0.05, 0) is 54.3 Å². The predicted octanol–water partition coefficient (Wildman–Crippen LogP) is 3.83. The number of methoxy groups -OCH3 is 1. The quantitative estimate of drug-likeness (QED) is 0.680. The number of amides is 2. The largest absolute Gasteiger partial charge is 0.497 e. The van der Waals surface area contributed by atoms with Crippen molar-refractivity contribution in [3.63, 3.8) is 0 Å². The molecule has 0 aliphatic rings. The van der Waals surface area contributed by atoms with Crippen LogP contribution in [0.15, 0.2) is 48.5 Å². The summed E-state index contributed by atoms with van der Waals surface area (Å²) in [5.41, 5.74) is 0.363. The molecule has 0 bridgehead atoms. The predicted molar refractivity (Wildman–Crippen MR) is 107 cm³/mol. The molecule has 0 aliphatic carbocycles. The average molecular weight is 422 g/mol. The van der Waals surface area contributed by atoms with Gasteiger partial charge in [-0.15, -0.1) is 0 Å². The molecule has 0 spiro atoms. The number of carbonyl (C=O) groups is 2. The third kappa shape index (κ3) is 6.50. The van der Waals surface area contributed by atoms with E-state index in [4.69, 9.17) is 4.74 Å². The number of ether oxygens (including phenoxy) is 1. The molecule has 1 atom stereocenters. The Morgan fingerprint density at radius 3 is 2.10 bits per heavy atom. The van der Waals surface area contributed by atoms with E-state index in [0.717, 1.165) is 12.1 Å². The number of rotatable bonds is 8. The Morgan fingerprint density at radius 1 is 1.00 bits per heavy atom. The number of hydrogen-bond donors (Lipinski definition) is 2. The summed E-state index contributed by atoms with van der Waals surface area (Å²) in [7, 11) is 1.53. The third-order valence-corrected chi connectivity index (χ3v) is 4.58. The van der Waals surface area contributed by atoms with Gasteiger partial charge in [0.15, 0.2) is 0 Å². The van der Waals surface area contributed by atoms with Crippen LogP contribution in [0.1, 0.15) is 35.3 Å². The monoisotopic (exact) mass is 422 g/mol. The summed E-state index contributed by atoms with van der Waals surface area (Å²) >= 11 is 0. The van der Waals surface area contributed by atoms with Crippen LogP contribution in [0.3, 0.4) is 0 Å². The molecule has 2 N–H and O–H groups in total. The van der Waals surface area contributed by atoms with E-state index in [0.29, 0.717) is 23.3 Å². The topological polar surface area (TPSA) is 67.4 Å². The van der Waals surface area contributed by atoms with E-state index in [1.54, 1.807) is 24.3 Å². The first-order valence-corrected chi connectivity index (χ1v) is 9.50. The van der Waals surface area contributed by atoms with Crippen molar-refractivity contribution in [3.05, 3.63) is 65.2 Å². The first-order chi connectivity index (χ1) is 14.1. The molecule has 2 rings (SSSR count). The van der Waals surface area contributed by atoms with Crippen LogP contribution in [0.25, 0.3) is 0 Å². The number of halogens is 3. The van der Waals surface area contributed by atoms with Crippen molar-refractivity contribution < 1.29 is 27.5 Å². The molecule has 0 aromatic heterocycles. The smallest absolute Gasteiger partial charge is 0.416 e. The lowest BCUT2D eigenvalue weighted by Crippen LogP contribution is -2.50. The Kier molecular flexibility index (Phi) is 7.86. The molecule has 0 radical (unpaired) electrons. The van der Waals surface area contributed by atoms with E-state index in [9.17, 15) is 22.8 Å². The van der Waals surface area contributed by atoms with E-state index in [2.05, 4.69) is 10.6 Å². The fourth-order valence-corrected chi connectivity index (χ4v) is 2.80. The summed E-state index contributed by atoms with van der Waals surface area (Å²) in [5, 5.41) is 5.46. The summed E-state index contributed by atoms with van der Waals surface area (Å²) in [6.45, 7) is 3.87. The highest BCUT2D eigenvalue weighted by Gasteiger charge is 2.30. The molecular weight excluding hydrogens is 397 g/mol. The van der Waals surface area contributed by atoms with Crippen LogP contribution in [0.4, 0.5) is 13.2 Å². The summed E-state index contributed by atoms with van der Waals surface area (Å²) < 4.78 is 42.9. The van der Waals surface area contributed by atoms with Gasteiger partial charge in [-0.1, -0.05) is 26.0 Å². The van der Waals surface area contributed by atoms with E-state index < -0.39 is 17.8 Å². The molecule has 1 unspecified atom stereocenters. The van der Waals surface area contributed by atoms with Crippen LogP contribution in [0.2, 0.25) is 0 Å². The lowest BCUT2D eigenvalue weighted by molar-refractivity contribution is -0.137. The molecule has 30 heavy (non-hydrogen) atoms. The first-order valence-electron chi connectivity index (χ1n) is 9.50. The zero-order chi connectivity index (χ0) is 22.3. The molecule has 2 aromatic carbocycles. The van der Waals surface area contributed by atoms with Crippen LogP contribution in [-0.4, -0.2) is 31.5 Å². The minimum atomic E-state index is -4.38. The zero-order valence-electron chi connectivity index (χ0n) is 17.0. The van der Waals surface area contributed by atoms with Crippen molar-refractivity contribution in [3.8, 4) is 5.75 Å². The molecule has 5 nitrogen and oxygen atoms in total. The highest BCUT2D eigenvalue weighted by atomic mass is 19.4. The van der Waals surface area contributed by atoms with Crippen LogP contribution in [-0.2, 0) is 17.4 Å². The number of alkyl halides is 3. The van der Waals surface area contributed by atoms with Crippen molar-refractivity contribution in [2.45, 2.75) is 32.5 Å². The van der Waals surface area contributed by atoms with Crippen LogP contribution >= 0.6 is 0 Å². The molecular formula is C22H25F3N2O3. The molecule has 0 fully saturated rings. The standard InChI is InChI=1S/C22H25F3N2O3/c1-14(2)19(27-20(28)16-6-10-18(30-3)11-7-16)21(29)26-13-12-15-4-8-17(9-5-15)22(23,24)25/h4-11,14,19H,12-13H2,1-3H3,(H,26,29)(H,27,28). The lowest BCUT2D eigenvalue weighted by atomic mass is 10.0. The second kappa shape index (κ2) is 10.1. The summed E-state index contributed by atoms with van der Waals surface area (Å²) in [4.78, 5) is 25.0. The highest BCUT2D eigenvalue weighted by molar-refractivity contribution is 5.97. The first kappa shape index (κ1) is 23.3. The van der Waals surface area contributed by atoms with Crippen molar-refractivity contribution >= 4 is 11.8 Å². The van der Waals surface area contributed by atoms with Gasteiger partial charge in [0.25, 0.3) is 5.91 Å². The minimum Gasteiger partial charge on any atom is -0.497 e. The molecule has 0 aliphatic heterocycles.